The molecule has 3 aromatic rings. The Morgan fingerprint density at radius 3 is 2.50 bits per heavy atom. The van der Waals surface area contributed by atoms with Gasteiger partial charge in [-0.25, -0.2) is 9.67 Å². The largest absolute Gasteiger partial charge is 0.340 e. The normalized spacial score (nSPS) is 11.9. The Morgan fingerprint density at radius 2 is 1.89 bits per heavy atom. The smallest absolute Gasteiger partial charge is 0.253 e. The molecule has 2 aromatic heterocycles. The second kappa shape index (κ2) is 8.67. The van der Waals surface area contributed by atoms with Crippen LogP contribution in [0.2, 0.25) is 5.02 Å². The van der Waals surface area contributed by atoms with E-state index in [-0.39, 0.29) is 11.8 Å². The van der Waals surface area contributed by atoms with Gasteiger partial charge in [-0.1, -0.05) is 37.6 Å². The Labute approximate surface area is 167 Å². The Balaban J connectivity index is 1.69. The molecule has 2 N–H and O–H groups in total. The van der Waals surface area contributed by atoms with E-state index in [2.05, 4.69) is 20.7 Å². The summed E-state index contributed by atoms with van der Waals surface area (Å²) in [5.41, 5.74) is 0.853. The Kier molecular flexibility index (Phi) is 6.06. The van der Waals surface area contributed by atoms with Crippen molar-refractivity contribution in [3.8, 4) is 5.82 Å². The van der Waals surface area contributed by atoms with Gasteiger partial charge in [0.1, 0.15) is 6.04 Å². The summed E-state index contributed by atoms with van der Waals surface area (Å²) in [5.74, 6) is -0.214. The van der Waals surface area contributed by atoms with Gasteiger partial charge in [-0.15, -0.1) is 0 Å². The lowest BCUT2D eigenvalue weighted by molar-refractivity contribution is -0.118. The first kappa shape index (κ1) is 19.6. The van der Waals surface area contributed by atoms with Crippen LogP contribution in [-0.2, 0) is 4.79 Å². The number of rotatable bonds is 6. The van der Waals surface area contributed by atoms with Crippen LogP contribution in [0.1, 0.15) is 24.2 Å². The van der Waals surface area contributed by atoms with Gasteiger partial charge in [-0.3, -0.25) is 9.59 Å². The zero-order valence-corrected chi connectivity index (χ0v) is 16.2. The molecule has 144 valence electrons. The number of nitrogens with zero attached hydrogens (tertiary/aromatic N) is 3. The fourth-order valence-corrected chi connectivity index (χ4v) is 2.84. The standard InChI is InChI=1S/C20H20ClN5O2/c1-13(2)18(25-19(27)15-6-3-4-7-16(15)21)20(28)24-14-8-9-17(22-12-14)26-11-5-10-23-26/h3-13,18H,1-2H3,(H,24,28)(H,25,27). The summed E-state index contributed by atoms with van der Waals surface area (Å²) in [6.07, 6.45) is 4.98. The van der Waals surface area contributed by atoms with E-state index in [0.717, 1.165) is 0 Å². The first-order chi connectivity index (χ1) is 13.5. The van der Waals surface area contributed by atoms with Gasteiger partial charge < -0.3 is 10.6 Å². The van der Waals surface area contributed by atoms with Crippen molar-refractivity contribution in [3.63, 3.8) is 0 Å². The number of halogens is 1. The van der Waals surface area contributed by atoms with Gasteiger partial charge in [-0.05, 0) is 36.2 Å². The zero-order chi connectivity index (χ0) is 20.1. The molecule has 0 fully saturated rings. The first-order valence-electron chi connectivity index (χ1n) is 8.78. The average Bonchev–Trinajstić information content (AvgIpc) is 3.21. The van der Waals surface area contributed by atoms with Crippen molar-refractivity contribution in [3.05, 3.63) is 71.6 Å². The summed E-state index contributed by atoms with van der Waals surface area (Å²) in [7, 11) is 0. The van der Waals surface area contributed by atoms with Crippen molar-refractivity contribution in [1.29, 1.82) is 0 Å². The Bertz CT molecular complexity index is 955. The lowest BCUT2D eigenvalue weighted by Crippen LogP contribution is -2.47. The van der Waals surface area contributed by atoms with Gasteiger partial charge >= 0.3 is 0 Å². The molecular formula is C20H20ClN5O2. The summed E-state index contributed by atoms with van der Waals surface area (Å²) >= 11 is 6.07. The van der Waals surface area contributed by atoms with Crippen molar-refractivity contribution < 1.29 is 9.59 Å². The van der Waals surface area contributed by atoms with E-state index in [1.165, 1.54) is 0 Å². The molecule has 1 aromatic carbocycles. The molecule has 0 bridgehead atoms. The fourth-order valence-electron chi connectivity index (χ4n) is 2.62. The molecule has 3 rings (SSSR count). The molecule has 1 unspecified atom stereocenters. The van der Waals surface area contributed by atoms with E-state index in [9.17, 15) is 9.59 Å². The van der Waals surface area contributed by atoms with Crippen LogP contribution < -0.4 is 10.6 Å². The van der Waals surface area contributed by atoms with Crippen LogP contribution in [0.5, 0.6) is 0 Å². The second-order valence-electron chi connectivity index (χ2n) is 6.52. The van der Waals surface area contributed by atoms with Crippen molar-refractivity contribution in [2.45, 2.75) is 19.9 Å². The third kappa shape index (κ3) is 4.55. The molecule has 0 aliphatic rings. The van der Waals surface area contributed by atoms with Gasteiger partial charge in [0, 0.05) is 12.4 Å². The number of amides is 2. The van der Waals surface area contributed by atoms with Crippen LogP contribution >= 0.6 is 11.6 Å². The van der Waals surface area contributed by atoms with Crippen LogP contribution in [0.3, 0.4) is 0 Å². The number of hydrogen-bond acceptors (Lipinski definition) is 4. The molecule has 0 saturated carbocycles. The Morgan fingerprint density at radius 1 is 1.11 bits per heavy atom. The second-order valence-corrected chi connectivity index (χ2v) is 6.93. The third-order valence-electron chi connectivity index (χ3n) is 4.11. The highest BCUT2D eigenvalue weighted by Gasteiger charge is 2.25. The van der Waals surface area contributed by atoms with E-state index in [1.807, 2.05) is 13.8 Å². The maximum absolute atomic E-state index is 12.7. The van der Waals surface area contributed by atoms with Gasteiger partial charge in [0.2, 0.25) is 5.91 Å². The summed E-state index contributed by atoms with van der Waals surface area (Å²) in [4.78, 5) is 29.5. The maximum atomic E-state index is 12.7. The molecule has 0 spiro atoms. The number of pyridine rings is 1. The van der Waals surface area contributed by atoms with Crippen LogP contribution in [-0.4, -0.2) is 32.6 Å². The van der Waals surface area contributed by atoms with Gasteiger partial charge in [0.05, 0.1) is 22.5 Å². The average molecular weight is 398 g/mol. The van der Waals surface area contributed by atoms with E-state index >= 15 is 0 Å². The van der Waals surface area contributed by atoms with E-state index < -0.39 is 11.9 Å². The number of benzene rings is 1. The first-order valence-corrected chi connectivity index (χ1v) is 9.16. The summed E-state index contributed by atoms with van der Waals surface area (Å²) in [6.45, 7) is 3.71. The minimum atomic E-state index is -0.727. The number of hydrogen-bond donors (Lipinski definition) is 2. The molecule has 2 heterocycles. The summed E-state index contributed by atoms with van der Waals surface area (Å²) in [6, 6.07) is 11.3. The van der Waals surface area contributed by atoms with E-state index in [4.69, 9.17) is 11.6 Å². The monoisotopic (exact) mass is 397 g/mol. The van der Waals surface area contributed by atoms with E-state index in [0.29, 0.717) is 22.1 Å². The highest BCUT2D eigenvalue weighted by atomic mass is 35.5. The molecule has 0 radical (unpaired) electrons. The molecule has 8 heteroatoms. The number of nitrogens with one attached hydrogen (secondary N) is 2. The molecule has 7 nitrogen and oxygen atoms in total. The predicted molar refractivity (Wildman–Crippen MR) is 108 cm³/mol. The van der Waals surface area contributed by atoms with Gasteiger partial charge in [0.25, 0.3) is 5.91 Å². The fraction of sp³-hybridized carbons (Fsp3) is 0.200. The van der Waals surface area contributed by atoms with Crippen molar-refractivity contribution in [2.24, 2.45) is 5.92 Å². The van der Waals surface area contributed by atoms with Gasteiger partial charge in [-0.2, -0.15) is 5.10 Å². The molecule has 0 aliphatic heterocycles. The highest BCUT2D eigenvalue weighted by molar-refractivity contribution is 6.33. The number of carbonyl (C=O) groups is 2. The molecule has 2 amide bonds. The Hall–Kier alpha value is -3.19. The predicted octanol–water partition coefficient (Wildman–Crippen LogP) is 3.31. The minimum Gasteiger partial charge on any atom is -0.340 e. The maximum Gasteiger partial charge on any atom is 0.253 e. The minimum absolute atomic E-state index is 0.122. The SMILES string of the molecule is CC(C)C(NC(=O)c1ccccc1Cl)C(=O)Nc1ccc(-n2cccn2)nc1. The molecule has 28 heavy (non-hydrogen) atoms. The molecular weight excluding hydrogens is 378 g/mol. The summed E-state index contributed by atoms with van der Waals surface area (Å²) in [5, 5.41) is 9.99. The van der Waals surface area contributed by atoms with Gasteiger partial charge in [0.15, 0.2) is 5.82 Å². The topological polar surface area (TPSA) is 88.9 Å². The third-order valence-corrected chi connectivity index (χ3v) is 4.44. The highest BCUT2D eigenvalue weighted by Crippen LogP contribution is 2.16. The van der Waals surface area contributed by atoms with Crippen molar-refractivity contribution in [2.75, 3.05) is 5.32 Å². The number of aromatic nitrogens is 3. The molecule has 1 atom stereocenters. The van der Waals surface area contributed by atoms with Crippen LogP contribution in [0.25, 0.3) is 5.82 Å². The number of carbonyl (C=O) groups excluding carboxylic acids is 2. The lowest BCUT2D eigenvalue weighted by Gasteiger charge is -2.22. The summed E-state index contributed by atoms with van der Waals surface area (Å²) < 4.78 is 1.62. The molecule has 0 saturated heterocycles. The van der Waals surface area contributed by atoms with Crippen molar-refractivity contribution >= 4 is 29.1 Å². The van der Waals surface area contributed by atoms with E-state index in [1.54, 1.807) is 65.7 Å². The zero-order valence-electron chi connectivity index (χ0n) is 15.5. The van der Waals surface area contributed by atoms with Crippen LogP contribution in [0.4, 0.5) is 5.69 Å². The van der Waals surface area contributed by atoms with Crippen LogP contribution in [0, 0.1) is 5.92 Å². The van der Waals surface area contributed by atoms with Crippen molar-refractivity contribution in [1.82, 2.24) is 20.1 Å². The van der Waals surface area contributed by atoms with Crippen LogP contribution in [0.15, 0.2) is 61.1 Å². The lowest BCUT2D eigenvalue weighted by atomic mass is 10.0. The molecule has 0 aliphatic carbocycles. The number of anilines is 1. The quantitative estimate of drug-likeness (QED) is 0.667.